The lowest BCUT2D eigenvalue weighted by atomic mass is 9.47. The number of ether oxygens (including phenoxy) is 1. The molecule has 4 rings (SSSR count). The second-order valence-corrected chi connectivity index (χ2v) is 22.4. The molecule has 4 aliphatic rings. The molecule has 0 amide bonds. The van der Waals surface area contributed by atoms with E-state index in [-0.39, 0.29) is 12.1 Å². The number of hydrogen-bond acceptors (Lipinski definition) is 2. The third kappa shape index (κ3) is 15.8. The van der Waals surface area contributed by atoms with Gasteiger partial charge in [-0.05, 0) is 110 Å². The Morgan fingerprint density at radius 3 is 1.69 bits per heavy atom. The minimum Gasteiger partial charge on any atom is -0.462 e. The average molecular weight is 807 g/mol. The largest absolute Gasteiger partial charge is 0.462 e. The summed E-state index contributed by atoms with van der Waals surface area (Å²) in [5.74, 6) is 5.87. The van der Waals surface area contributed by atoms with E-state index in [9.17, 15) is 4.79 Å². The predicted octanol–water partition coefficient (Wildman–Crippen LogP) is 18.3. The molecule has 0 aromatic heterocycles. The van der Waals surface area contributed by atoms with Crippen LogP contribution < -0.4 is 0 Å². The standard InChI is InChI=1S/C56H102O2/c1-8-10-12-14-16-18-20-21-23-25-27-29-34-47(33-28-26-24-22-19-17-15-13-11-9-2)43-54(57)58-49-39-41-55(6)48(44-49)35-36-50-52-38-37-51(46(5)32-30-31-45(3)4)56(52,7)42-40-53(50)55/h35,45-47,49-53H,8-34,36-44H2,1-7H3/t46-,47?,49?,50+,51-,52+,53+,55+,56-/m1/s1. The maximum atomic E-state index is 13.7. The van der Waals surface area contributed by atoms with Crippen molar-refractivity contribution in [2.75, 3.05) is 0 Å². The van der Waals surface area contributed by atoms with E-state index < -0.39 is 0 Å². The predicted molar refractivity (Wildman–Crippen MR) is 253 cm³/mol. The summed E-state index contributed by atoms with van der Waals surface area (Å²) in [6, 6.07) is 0. The van der Waals surface area contributed by atoms with E-state index in [0.717, 1.165) is 48.3 Å². The smallest absolute Gasteiger partial charge is 0.306 e. The van der Waals surface area contributed by atoms with E-state index in [4.69, 9.17) is 4.74 Å². The summed E-state index contributed by atoms with van der Waals surface area (Å²) in [5, 5.41) is 0. The van der Waals surface area contributed by atoms with Crippen LogP contribution in [0.15, 0.2) is 11.6 Å². The quantitative estimate of drug-likeness (QED) is 0.0384. The lowest BCUT2D eigenvalue weighted by molar-refractivity contribution is -0.152. The maximum Gasteiger partial charge on any atom is 0.306 e. The number of fused-ring (bicyclic) bond motifs is 5. The van der Waals surface area contributed by atoms with Crippen LogP contribution in [0.5, 0.6) is 0 Å². The maximum absolute atomic E-state index is 13.7. The van der Waals surface area contributed by atoms with Gasteiger partial charge in [0.25, 0.3) is 0 Å². The number of rotatable bonds is 32. The molecule has 0 aliphatic heterocycles. The van der Waals surface area contributed by atoms with Crippen molar-refractivity contribution >= 4 is 5.97 Å². The van der Waals surface area contributed by atoms with E-state index in [1.54, 1.807) is 5.57 Å². The highest BCUT2D eigenvalue weighted by Crippen LogP contribution is 2.67. The van der Waals surface area contributed by atoms with E-state index >= 15 is 0 Å². The Hall–Kier alpha value is -0.790. The van der Waals surface area contributed by atoms with Gasteiger partial charge < -0.3 is 4.74 Å². The summed E-state index contributed by atoms with van der Waals surface area (Å²) in [6.07, 6.45) is 51.1. The molecule has 0 saturated heterocycles. The Morgan fingerprint density at radius 1 is 0.621 bits per heavy atom. The van der Waals surface area contributed by atoms with Gasteiger partial charge in [-0.25, -0.2) is 0 Å². The molecule has 2 heteroatoms. The highest BCUT2D eigenvalue weighted by Gasteiger charge is 2.59. The SMILES string of the molecule is CCCCCCCCCCCCCCC(CCCCCCCCCCCC)CC(=O)OC1CC[C@@]2(C)C(=CC[C@H]3[C@@H]4CC[C@H]([C@H](C)CCCC(C)C)[C@@]4(C)CC[C@@H]32)C1. The number of esters is 1. The van der Waals surface area contributed by atoms with Crippen molar-refractivity contribution in [3.63, 3.8) is 0 Å². The second-order valence-electron chi connectivity index (χ2n) is 22.4. The molecular weight excluding hydrogens is 705 g/mol. The van der Waals surface area contributed by atoms with Crippen LogP contribution in [0.25, 0.3) is 0 Å². The summed E-state index contributed by atoms with van der Waals surface area (Å²) >= 11 is 0. The summed E-state index contributed by atoms with van der Waals surface area (Å²) in [5.41, 5.74) is 2.53. The fourth-order valence-electron chi connectivity index (χ4n) is 13.8. The first-order valence-electron chi connectivity index (χ1n) is 27.0. The average Bonchev–Trinajstić information content (AvgIpc) is 3.56. The van der Waals surface area contributed by atoms with Gasteiger partial charge in [0, 0.05) is 12.8 Å². The van der Waals surface area contributed by atoms with Crippen molar-refractivity contribution < 1.29 is 9.53 Å². The molecule has 3 fully saturated rings. The first-order valence-corrected chi connectivity index (χ1v) is 27.0. The molecule has 2 unspecified atom stereocenters. The summed E-state index contributed by atoms with van der Waals surface area (Å²) in [4.78, 5) is 13.7. The number of allylic oxidation sites excluding steroid dienone is 1. The minimum atomic E-state index is 0.101. The molecule has 9 atom stereocenters. The van der Waals surface area contributed by atoms with Gasteiger partial charge in [-0.1, -0.05) is 221 Å². The third-order valence-electron chi connectivity index (χ3n) is 17.4. The van der Waals surface area contributed by atoms with Crippen molar-refractivity contribution in [2.45, 2.75) is 286 Å². The summed E-state index contributed by atoms with van der Waals surface area (Å²) in [7, 11) is 0. The van der Waals surface area contributed by atoms with Gasteiger partial charge in [-0.3, -0.25) is 4.79 Å². The fourth-order valence-corrected chi connectivity index (χ4v) is 13.8. The van der Waals surface area contributed by atoms with Crippen molar-refractivity contribution in [3.8, 4) is 0 Å². The van der Waals surface area contributed by atoms with Crippen LogP contribution >= 0.6 is 0 Å². The van der Waals surface area contributed by atoms with Crippen LogP contribution in [0, 0.1) is 52.3 Å². The van der Waals surface area contributed by atoms with Gasteiger partial charge in [0.05, 0.1) is 0 Å². The molecule has 4 aliphatic carbocycles. The van der Waals surface area contributed by atoms with E-state index in [2.05, 4.69) is 54.5 Å². The molecule has 0 N–H and O–H groups in total. The zero-order chi connectivity index (χ0) is 41.6. The first-order chi connectivity index (χ1) is 28.1. The van der Waals surface area contributed by atoms with Gasteiger partial charge in [0.15, 0.2) is 0 Å². The van der Waals surface area contributed by atoms with Crippen LogP contribution in [0.2, 0.25) is 0 Å². The highest BCUT2D eigenvalue weighted by molar-refractivity contribution is 5.70. The Balaban J connectivity index is 1.21. The highest BCUT2D eigenvalue weighted by atomic mass is 16.5. The topological polar surface area (TPSA) is 26.3 Å². The van der Waals surface area contributed by atoms with Gasteiger partial charge in [0.1, 0.15) is 6.10 Å². The van der Waals surface area contributed by atoms with E-state index in [1.807, 2.05) is 0 Å². The van der Waals surface area contributed by atoms with Gasteiger partial charge in [0.2, 0.25) is 0 Å². The minimum absolute atomic E-state index is 0.101. The molecule has 0 spiro atoms. The third-order valence-corrected chi connectivity index (χ3v) is 17.4. The van der Waals surface area contributed by atoms with Gasteiger partial charge >= 0.3 is 5.97 Å². The fraction of sp³-hybridized carbons (Fsp3) is 0.946. The van der Waals surface area contributed by atoms with E-state index in [0.29, 0.717) is 23.2 Å². The Morgan fingerprint density at radius 2 is 1.16 bits per heavy atom. The Kier molecular flexibility index (Phi) is 23.5. The van der Waals surface area contributed by atoms with Crippen LogP contribution in [0.4, 0.5) is 0 Å². The monoisotopic (exact) mass is 807 g/mol. The van der Waals surface area contributed by atoms with Crippen molar-refractivity contribution in [1.82, 2.24) is 0 Å². The summed E-state index contributed by atoms with van der Waals surface area (Å²) < 4.78 is 6.46. The molecule has 2 nitrogen and oxygen atoms in total. The zero-order valence-corrected chi connectivity index (χ0v) is 40.5. The second kappa shape index (κ2) is 27.3. The van der Waals surface area contributed by atoms with Gasteiger partial charge in [-0.2, -0.15) is 0 Å². The molecule has 338 valence electrons. The lowest BCUT2D eigenvalue weighted by Gasteiger charge is -2.58. The molecular formula is C56H102O2. The Bertz CT molecular complexity index is 1120. The number of carbonyl (C=O) groups is 1. The number of carbonyl (C=O) groups excluding carboxylic acids is 1. The molecule has 3 saturated carbocycles. The lowest BCUT2D eigenvalue weighted by Crippen LogP contribution is -2.51. The molecule has 0 bridgehead atoms. The van der Waals surface area contributed by atoms with Gasteiger partial charge in [-0.15, -0.1) is 0 Å². The normalized spacial score (nSPS) is 29.1. The van der Waals surface area contributed by atoms with Crippen LogP contribution in [-0.2, 0) is 9.53 Å². The molecule has 0 aromatic carbocycles. The zero-order valence-electron chi connectivity index (χ0n) is 40.5. The molecule has 0 aromatic rings. The van der Waals surface area contributed by atoms with Crippen molar-refractivity contribution in [1.29, 1.82) is 0 Å². The van der Waals surface area contributed by atoms with Crippen molar-refractivity contribution in [2.24, 2.45) is 52.3 Å². The first kappa shape index (κ1) is 49.9. The Labute approximate surface area is 363 Å². The van der Waals surface area contributed by atoms with Crippen LogP contribution in [0.1, 0.15) is 280 Å². The molecule has 0 radical (unpaired) electrons. The van der Waals surface area contributed by atoms with Crippen LogP contribution in [0.3, 0.4) is 0 Å². The molecule has 58 heavy (non-hydrogen) atoms. The summed E-state index contributed by atoms with van der Waals surface area (Å²) in [6.45, 7) is 17.4. The van der Waals surface area contributed by atoms with Crippen LogP contribution in [-0.4, -0.2) is 12.1 Å². The number of hydrogen-bond donors (Lipinski definition) is 0. The number of unbranched alkanes of at least 4 members (excludes halogenated alkanes) is 20. The van der Waals surface area contributed by atoms with Crippen molar-refractivity contribution in [3.05, 3.63) is 11.6 Å². The molecule has 0 heterocycles. The van der Waals surface area contributed by atoms with E-state index in [1.165, 1.54) is 212 Å².